The molecule has 0 saturated heterocycles. The van der Waals surface area contributed by atoms with Gasteiger partial charge in [-0.05, 0) is 45.0 Å². The normalized spacial score (nSPS) is 11.7. The summed E-state index contributed by atoms with van der Waals surface area (Å²) in [6, 6.07) is 6.82. The van der Waals surface area contributed by atoms with Crippen molar-refractivity contribution in [2.75, 3.05) is 0 Å². The predicted molar refractivity (Wildman–Crippen MR) is 89.8 cm³/mol. The number of nitrogens with one attached hydrogen (secondary N) is 1. The number of halogens is 1. The van der Waals surface area contributed by atoms with E-state index in [4.69, 9.17) is 16.3 Å². The summed E-state index contributed by atoms with van der Waals surface area (Å²) in [5, 5.41) is 8.66. The Morgan fingerprint density at radius 3 is 2.74 bits per heavy atom. The fourth-order valence-electron chi connectivity index (χ4n) is 1.76. The third-order valence-electron chi connectivity index (χ3n) is 3.09. The fraction of sp³-hybridized carbons (Fsp3) is 0.312. The van der Waals surface area contributed by atoms with Gasteiger partial charge >= 0.3 is 0 Å². The van der Waals surface area contributed by atoms with Gasteiger partial charge in [0.1, 0.15) is 5.75 Å². The molecule has 0 aliphatic rings. The molecular formula is C16H19ClN4O2. The molecule has 0 aliphatic heterocycles. The van der Waals surface area contributed by atoms with E-state index in [1.54, 1.807) is 49.0 Å². The lowest BCUT2D eigenvalue weighted by molar-refractivity contribution is -0.134. The van der Waals surface area contributed by atoms with E-state index in [-0.39, 0.29) is 5.91 Å². The SMILES string of the molecule is CCn1cc(/C=N/NC(=O)C(C)(C)Oc2ccc(Cl)cc2)cn1. The van der Waals surface area contributed by atoms with Gasteiger partial charge in [-0.15, -0.1) is 0 Å². The minimum absolute atomic E-state index is 0.355. The number of hydrazone groups is 1. The van der Waals surface area contributed by atoms with Crippen LogP contribution in [-0.4, -0.2) is 27.5 Å². The first kappa shape index (κ1) is 17.0. The number of hydrogen-bond acceptors (Lipinski definition) is 4. The van der Waals surface area contributed by atoms with E-state index in [0.717, 1.165) is 12.1 Å². The Labute approximate surface area is 140 Å². The van der Waals surface area contributed by atoms with E-state index < -0.39 is 5.60 Å². The average Bonchev–Trinajstić information content (AvgIpc) is 2.97. The fourth-order valence-corrected chi connectivity index (χ4v) is 1.89. The van der Waals surface area contributed by atoms with E-state index in [2.05, 4.69) is 15.6 Å². The Morgan fingerprint density at radius 2 is 2.13 bits per heavy atom. The molecule has 6 nitrogen and oxygen atoms in total. The van der Waals surface area contributed by atoms with E-state index in [0.29, 0.717) is 10.8 Å². The number of carbonyl (C=O) groups excluding carboxylic acids is 1. The van der Waals surface area contributed by atoms with Gasteiger partial charge in [0.05, 0.1) is 12.4 Å². The number of aromatic nitrogens is 2. The summed E-state index contributed by atoms with van der Waals surface area (Å²) in [6.07, 6.45) is 5.05. The highest BCUT2D eigenvalue weighted by Gasteiger charge is 2.29. The van der Waals surface area contributed by atoms with E-state index in [1.165, 1.54) is 6.21 Å². The second kappa shape index (κ2) is 7.28. The van der Waals surface area contributed by atoms with Crippen molar-refractivity contribution >= 4 is 23.7 Å². The molecule has 0 fully saturated rings. The van der Waals surface area contributed by atoms with Crippen molar-refractivity contribution in [3.8, 4) is 5.75 Å². The molecule has 0 aliphatic carbocycles. The van der Waals surface area contributed by atoms with Crippen LogP contribution in [0.15, 0.2) is 41.8 Å². The highest BCUT2D eigenvalue weighted by atomic mass is 35.5. The summed E-state index contributed by atoms with van der Waals surface area (Å²) >= 11 is 5.82. The zero-order chi connectivity index (χ0) is 16.9. The number of amides is 1. The first-order valence-electron chi connectivity index (χ1n) is 7.21. The van der Waals surface area contributed by atoms with Gasteiger partial charge in [0.15, 0.2) is 5.60 Å². The molecule has 0 unspecified atom stereocenters. The summed E-state index contributed by atoms with van der Waals surface area (Å²) in [4.78, 5) is 12.2. The third-order valence-corrected chi connectivity index (χ3v) is 3.34. The molecule has 1 aromatic carbocycles. The molecule has 1 heterocycles. The van der Waals surface area contributed by atoms with Crippen LogP contribution >= 0.6 is 11.6 Å². The molecule has 0 atom stereocenters. The van der Waals surface area contributed by atoms with E-state index in [1.807, 2.05) is 13.1 Å². The molecule has 1 aromatic heterocycles. The maximum Gasteiger partial charge on any atom is 0.283 e. The van der Waals surface area contributed by atoms with Gasteiger partial charge in [-0.25, -0.2) is 5.43 Å². The van der Waals surface area contributed by atoms with Crippen LogP contribution in [0.2, 0.25) is 5.02 Å². The molecule has 2 aromatic rings. The average molecular weight is 335 g/mol. The lowest BCUT2D eigenvalue weighted by atomic mass is 10.1. The first-order chi connectivity index (χ1) is 10.9. The standard InChI is InChI=1S/C16H19ClN4O2/c1-4-21-11-12(10-19-21)9-18-20-15(22)16(2,3)23-14-7-5-13(17)6-8-14/h5-11H,4H2,1-3H3,(H,20,22)/b18-9+. The van der Waals surface area contributed by atoms with Crippen LogP contribution in [0.1, 0.15) is 26.3 Å². The van der Waals surface area contributed by atoms with Crippen LogP contribution in [0.4, 0.5) is 0 Å². The maximum absolute atomic E-state index is 12.2. The van der Waals surface area contributed by atoms with Crippen molar-refractivity contribution in [3.05, 3.63) is 47.2 Å². The summed E-state index contributed by atoms with van der Waals surface area (Å²) in [5.41, 5.74) is 2.21. The Hall–Kier alpha value is -2.34. The first-order valence-corrected chi connectivity index (χ1v) is 7.59. The Bertz CT molecular complexity index is 692. The van der Waals surface area contributed by atoms with Gasteiger partial charge in [0.25, 0.3) is 5.91 Å². The van der Waals surface area contributed by atoms with Crippen LogP contribution in [-0.2, 0) is 11.3 Å². The minimum Gasteiger partial charge on any atom is -0.478 e. The molecule has 0 bridgehead atoms. The molecule has 1 N–H and O–H groups in total. The zero-order valence-corrected chi connectivity index (χ0v) is 14.0. The van der Waals surface area contributed by atoms with Crippen molar-refractivity contribution in [3.63, 3.8) is 0 Å². The molecule has 7 heteroatoms. The molecule has 0 saturated carbocycles. The van der Waals surface area contributed by atoms with Crippen LogP contribution in [0, 0.1) is 0 Å². The Kier molecular flexibility index (Phi) is 5.39. The molecule has 0 spiro atoms. The Morgan fingerprint density at radius 1 is 1.43 bits per heavy atom. The van der Waals surface area contributed by atoms with Gasteiger partial charge in [0, 0.05) is 23.3 Å². The van der Waals surface area contributed by atoms with Gasteiger partial charge in [0.2, 0.25) is 0 Å². The van der Waals surface area contributed by atoms with Gasteiger partial charge < -0.3 is 4.74 Å². The lowest BCUT2D eigenvalue weighted by Crippen LogP contribution is -2.44. The highest BCUT2D eigenvalue weighted by Crippen LogP contribution is 2.20. The number of benzene rings is 1. The smallest absolute Gasteiger partial charge is 0.283 e. The van der Waals surface area contributed by atoms with Crippen molar-refractivity contribution in [1.29, 1.82) is 0 Å². The Balaban J connectivity index is 1.93. The predicted octanol–water partition coefficient (Wildman–Crippen LogP) is 2.86. The number of ether oxygens (including phenoxy) is 1. The summed E-state index contributed by atoms with van der Waals surface area (Å²) in [5.74, 6) is 0.203. The summed E-state index contributed by atoms with van der Waals surface area (Å²) in [6.45, 7) is 6.11. The topological polar surface area (TPSA) is 68.5 Å². The minimum atomic E-state index is -1.07. The van der Waals surface area contributed by atoms with Gasteiger partial charge in [-0.2, -0.15) is 10.2 Å². The lowest BCUT2D eigenvalue weighted by Gasteiger charge is -2.24. The molecule has 122 valence electrons. The highest BCUT2D eigenvalue weighted by molar-refractivity contribution is 6.30. The third kappa shape index (κ3) is 4.82. The molecule has 23 heavy (non-hydrogen) atoms. The largest absolute Gasteiger partial charge is 0.478 e. The van der Waals surface area contributed by atoms with Crippen molar-refractivity contribution < 1.29 is 9.53 Å². The van der Waals surface area contributed by atoms with Gasteiger partial charge in [-0.3, -0.25) is 9.48 Å². The number of nitrogens with zero attached hydrogens (tertiary/aromatic N) is 3. The molecular weight excluding hydrogens is 316 g/mol. The molecule has 1 amide bonds. The second-order valence-electron chi connectivity index (χ2n) is 5.39. The quantitative estimate of drug-likeness (QED) is 0.652. The van der Waals surface area contributed by atoms with Crippen LogP contribution < -0.4 is 10.2 Å². The van der Waals surface area contributed by atoms with Crippen molar-refractivity contribution in [2.24, 2.45) is 5.10 Å². The number of hydrogen-bond donors (Lipinski definition) is 1. The number of rotatable bonds is 6. The number of aryl methyl sites for hydroxylation is 1. The summed E-state index contributed by atoms with van der Waals surface area (Å²) < 4.78 is 7.46. The monoisotopic (exact) mass is 334 g/mol. The van der Waals surface area contributed by atoms with Crippen molar-refractivity contribution in [1.82, 2.24) is 15.2 Å². The van der Waals surface area contributed by atoms with Crippen LogP contribution in [0.3, 0.4) is 0 Å². The molecule has 0 radical (unpaired) electrons. The zero-order valence-electron chi connectivity index (χ0n) is 13.3. The van der Waals surface area contributed by atoms with Crippen LogP contribution in [0.25, 0.3) is 0 Å². The van der Waals surface area contributed by atoms with E-state index >= 15 is 0 Å². The second-order valence-corrected chi connectivity index (χ2v) is 5.83. The van der Waals surface area contributed by atoms with Gasteiger partial charge in [-0.1, -0.05) is 11.6 Å². The summed E-state index contributed by atoms with van der Waals surface area (Å²) in [7, 11) is 0. The van der Waals surface area contributed by atoms with E-state index in [9.17, 15) is 4.79 Å². The van der Waals surface area contributed by atoms with Crippen molar-refractivity contribution in [2.45, 2.75) is 32.9 Å². The maximum atomic E-state index is 12.2. The molecule has 2 rings (SSSR count). The van der Waals surface area contributed by atoms with Crippen LogP contribution in [0.5, 0.6) is 5.75 Å². The number of carbonyl (C=O) groups is 1.